The predicted molar refractivity (Wildman–Crippen MR) is 81.5 cm³/mol. The van der Waals surface area contributed by atoms with Gasteiger partial charge in [-0.25, -0.2) is 4.98 Å². The molecule has 0 spiro atoms. The minimum absolute atomic E-state index is 0.0957. The summed E-state index contributed by atoms with van der Waals surface area (Å²) in [5, 5.41) is 0. The Balaban J connectivity index is 2.54. The Kier molecular flexibility index (Phi) is 3.97. The van der Waals surface area contributed by atoms with Gasteiger partial charge in [0.15, 0.2) is 0 Å². The molecule has 20 heavy (non-hydrogen) atoms. The highest BCUT2D eigenvalue weighted by Crippen LogP contribution is 2.24. The van der Waals surface area contributed by atoms with E-state index in [0.29, 0.717) is 12.2 Å². The average Bonchev–Trinajstić information content (AvgIpc) is 2.82. The predicted octanol–water partition coefficient (Wildman–Crippen LogP) is 2.22. The number of aromatic nitrogens is 2. The van der Waals surface area contributed by atoms with Crippen molar-refractivity contribution in [3.63, 3.8) is 0 Å². The van der Waals surface area contributed by atoms with Crippen LogP contribution in [0.1, 0.15) is 32.6 Å². The number of amides is 1. The number of hydrogen-bond donors (Lipinski definition) is 1. The normalized spacial score (nSPS) is 12.6. The molecular weight excluding hydrogens is 252 g/mol. The molecule has 1 aromatic heterocycles. The number of nitrogens with two attached hydrogens (primary N) is 1. The Hall–Kier alpha value is -2.04. The van der Waals surface area contributed by atoms with E-state index in [-0.39, 0.29) is 11.9 Å². The van der Waals surface area contributed by atoms with Crippen molar-refractivity contribution in [1.29, 1.82) is 0 Å². The van der Waals surface area contributed by atoms with E-state index < -0.39 is 0 Å². The number of anilines is 1. The van der Waals surface area contributed by atoms with Crippen LogP contribution in [-0.4, -0.2) is 34.0 Å². The van der Waals surface area contributed by atoms with Crippen molar-refractivity contribution in [2.45, 2.75) is 33.2 Å². The Bertz CT molecular complexity index is 632. The second-order valence-electron chi connectivity index (χ2n) is 5.03. The Labute approximate surface area is 119 Å². The Morgan fingerprint density at radius 1 is 1.45 bits per heavy atom. The second kappa shape index (κ2) is 5.53. The lowest BCUT2D eigenvalue weighted by Gasteiger charge is -2.22. The van der Waals surface area contributed by atoms with Gasteiger partial charge in [0, 0.05) is 25.7 Å². The minimum atomic E-state index is -0.261. The largest absolute Gasteiger partial charge is 0.399 e. The molecule has 0 radical (unpaired) electrons. The van der Waals surface area contributed by atoms with Crippen LogP contribution in [0.2, 0.25) is 0 Å². The fraction of sp³-hybridized carbons (Fsp3) is 0.467. The molecule has 1 unspecified atom stereocenters. The summed E-state index contributed by atoms with van der Waals surface area (Å²) in [5.41, 5.74) is 8.30. The van der Waals surface area contributed by atoms with Gasteiger partial charge >= 0.3 is 0 Å². The van der Waals surface area contributed by atoms with Gasteiger partial charge in [-0.3, -0.25) is 4.79 Å². The molecule has 0 fully saturated rings. The molecule has 1 aromatic carbocycles. The molecule has 108 valence electrons. The van der Waals surface area contributed by atoms with Gasteiger partial charge in [-0.2, -0.15) is 0 Å². The van der Waals surface area contributed by atoms with Gasteiger partial charge < -0.3 is 15.2 Å². The summed E-state index contributed by atoms with van der Waals surface area (Å²) in [6.07, 6.45) is 0.780. The first-order valence-corrected chi connectivity index (χ1v) is 7.00. The number of imidazole rings is 1. The van der Waals surface area contributed by atoms with E-state index in [0.717, 1.165) is 23.3 Å². The molecule has 0 aliphatic heterocycles. The first-order valence-electron chi connectivity index (χ1n) is 7.00. The van der Waals surface area contributed by atoms with Crippen LogP contribution < -0.4 is 5.73 Å². The molecule has 0 bridgehead atoms. The zero-order chi connectivity index (χ0) is 14.9. The van der Waals surface area contributed by atoms with E-state index >= 15 is 0 Å². The van der Waals surface area contributed by atoms with Crippen molar-refractivity contribution in [2.75, 3.05) is 19.3 Å². The zero-order valence-electron chi connectivity index (χ0n) is 12.6. The smallest absolute Gasteiger partial charge is 0.245 e. The standard InChI is InChI=1S/C15H22N4O/c1-5-14-17-12-9-11(16)7-8-13(12)19(14)10(3)15(20)18(4)6-2/h7-10H,5-6,16H2,1-4H3. The number of nitrogen functional groups attached to an aromatic ring is 1. The van der Waals surface area contributed by atoms with Gasteiger partial charge in [0.1, 0.15) is 11.9 Å². The molecule has 2 aromatic rings. The van der Waals surface area contributed by atoms with Crippen molar-refractivity contribution < 1.29 is 4.79 Å². The third-order valence-electron chi connectivity index (χ3n) is 3.70. The molecule has 0 saturated heterocycles. The maximum atomic E-state index is 12.4. The van der Waals surface area contributed by atoms with E-state index in [1.54, 1.807) is 4.90 Å². The topological polar surface area (TPSA) is 64.1 Å². The lowest BCUT2D eigenvalue weighted by Crippen LogP contribution is -2.33. The van der Waals surface area contributed by atoms with Crippen LogP contribution in [0.15, 0.2) is 18.2 Å². The van der Waals surface area contributed by atoms with Gasteiger partial charge in [-0.05, 0) is 32.0 Å². The Morgan fingerprint density at radius 3 is 2.75 bits per heavy atom. The quantitative estimate of drug-likeness (QED) is 0.869. The first kappa shape index (κ1) is 14.4. The van der Waals surface area contributed by atoms with Gasteiger partial charge in [-0.1, -0.05) is 6.92 Å². The van der Waals surface area contributed by atoms with Gasteiger partial charge in [0.05, 0.1) is 11.0 Å². The number of benzene rings is 1. The first-order chi connectivity index (χ1) is 9.49. The molecule has 1 heterocycles. The Morgan fingerprint density at radius 2 is 2.15 bits per heavy atom. The number of hydrogen-bond acceptors (Lipinski definition) is 3. The van der Waals surface area contributed by atoms with Crippen molar-refractivity contribution >= 4 is 22.6 Å². The van der Waals surface area contributed by atoms with Crippen LogP contribution in [0.3, 0.4) is 0 Å². The SMILES string of the molecule is CCc1nc2cc(N)ccc2n1C(C)C(=O)N(C)CC. The summed E-state index contributed by atoms with van der Waals surface area (Å²) >= 11 is 0. The van der Waals surface area contributed by atoms with Crippen LogP contribution in [0.5, 0.6) is 0 Å². The van der Waals surface area contributed by atoms with Crippen LogP contribution >= 0.6 is 0 Å². The fourth-order valence-electron chi connectivity index (χ4n) is 2.43. The summed E-state index contributed by atoms with van der Waals surface area (Å²) < 4.78 is 2.02. The molecule has 1 atom stereocenters. The molecule has 2 rings (SSSR count). The third kappa shape index (κ3) is 2.35. The maximum Gasteiger partial charge on any atom is 0.245 e. The van der Waals surface area contributed by atoms with E-state index in [9.17, 15) is 4.79 Å². The molecule has 0 aliphatic carbocycles. The fourth-order valence-corrected chi connectivity index (χ4v) is 2.43. The van der Waals surface area contributed by atoms with Crippen LogP contribution in [-0.2, 0) is 11.2 Å². The number of rotatable bonds is 4. The van der Waals surface area contributed by atoms with Crippen LogP contribution in [0.4, 0.5) is 5.69 Å². The molecule has 5 heteroatoms. The van der Waals surface area contributed by atoms with Gasteiger partial charge in [0.2, 0.25) is 5.91 Å². The average molecular weight is 274 g/mol. The highest BCUT2D eigenvalue weighted by atomic mass is 16.2. The summed E-state index contributed by atoms with van der Waals surface area (Å²) in [5.74, 6) is 1.01. The van der Waals surface area contributed by atoms with Gasteiger partial charge in [0.25, 0.3) is 0 Å². The van der Waals surface area contributed by atoms with E-state index in [1.165, 1.54) is 0 Å². The van der Waals surface area contributed by atoms with Gasteiger partial charge in [-0.15, -0.1) is 0 Å². The van der Waals surface area contributed by atoms with Crippen molar-refractivity contribution in [3.8, 4) is 0 Å². The highest BCUT2D eigenvalue weighted by molar-refractivity contribution is 5.85. The highest BCUT2D eigenvalue weighted by Gasteiger charge is 2.22. The number of nitrogens with zero attached hydrogens (tertiary/aromatic N) is 3. The molecule has 5 nitrogen and oxygen atoms in total. The summed E-state index contributed by atoms with van der Waals surface area (Å²) in [6.45, 7) is 6.63. The van der Waals surface area contributed by atoms with Crippen LogP contribution in [0.25, 0.3) is 11.0 Å². The summed E-state index contributed by atoms with van der Waals surface area (Å²) in [6, 6.07) is 5.38. The molecule has 0 aliphatic rings. The number of carbonyl (C=O) groups excluding carboxylic acids is 1. The lowest BCUT2D eigenvalue weighted by atomic mass is 10.2. The van der Waals surface area contributed by atoms with Crippen molar-refractivity contribution in [2.24, 2.45) is 0 Å². The monoisotopic (exact) mass is 274 g/mol. The lowest BCUT2D eigenvalue weighted by molar-refractivity contribution is -0.132. The zero-order valence-corrected chi connectivity index (χ0v) is 12.6. The van der Waals surface area contributed by atoms with Crippen LogP contribution in [0, 0.1) is 0 Å². The van der Waals surface area contributed by atoms with Crippen molar-refractivity contribution in [3.05, 3.63) is 24.0 Å². The minimum Gasteiger partial charge on any atom is -0.399 e. The molecule has 1 amide bonds. The maximum absolute atomic E-state index is 12.4. The number of fused-ring (bicyclic) bond motifs is 1. The third-order valence-corrected chi connectivity index (χ3v) is 3.70. The van der Waals surface area contributed by atoms with Crippen molar-refractivity contribution in [1.82, 2.24) is 14.5 Å². The molecule has 2 N–H and O–H groups in total. The van der Waals surface area contributed by atoms with E-state index in [1.807, 2.05) is 50.6 Å². The number of carbonyl (C=O) groups is 1. The number of likely N-dealkylation sites (N-methyl/N-ethyl adjacent to an activating group) is 1. The van der Waals surface area contributed by atoms with E-state index in [4.69, 9.17) is 5.73 Å². The summed E-state index contributed by atoms with van der Waals surface area (Å²) in [7, 11) is 1.82. The molecular formula is C15H22N4O. The summed E-state index contributed by atoms with van der Waals surface area (Å²) in [4.78, 5) is 18.7. The second-order valence-corrected chi connectivity index (χ2v) is 5.03. The number of aryl methyl sites for hydroxylation is 1. The van der Waals surface area contributed by atoms with E-state index in [2.05, 4.69) is 4.98 Å². The molecule has 0 saturated carbocycles.